The van der Waals surface area contributed by atoms with Crippen LogP contribution in [0.4, 0.5) is 10.7 Å². The summed E-state index contributed by atoms with van der Waals surface area (Å²) >= 11 is 0. The number of fused-ring (bicyclic) bond motifs is 4. The van der Waals surface area contributed by atoms with E-state index in [1.807, 2.05) is 49.1 Å². The van der Waals surface area contributed by atoms with Crippen LogP contribution < -0.4 is 9.46 Å². The fraction of sp³-hybridized carbons (Fsp3) is 0.485. The number of hydrogen-bond acceptors (Lipinski definition) is 7. The number of aromatic nitrogens is 2. The van der Waals surface area contributed by atoms with Crippen molar-refractivity contribution in [1.82, 2.24) is 14.9 Å². The van der Waals surface area contributed by atoms with E-state index in [0.29, 0.717) is 31.3 Å². The van der Waals surface area contributed by atoms with Gasteiger partial charge in [-0.3, -0.25) is 0 Å². The van der Waals surface area contributed by atoms with Crippen molar-refractivity contribution in [2.24, 2.45) is 17.3 Å². The van der Waals surface area contributed by atoms with Gasteiger partial charge >= 0.3 is 6.09 Å². The van der Waals surface area contributed by atoms with Gasteiger partial charge in [0, 0.05) is 23.6 Å². The number of cyclic esters (lactones) is 1. The molecule has 1 aromatic heterocycles. The number of carbonyl (C=O) groups is 1. The Balaban J connectivity index is 1.43. The smallest absolute Gasteiger partial charge is 0.410 e. The molecule has 0 radical (unpaired) electrons. The van der Waals surface area contributed by atoms with Crippen molar-refractivity contribution < 1.29 is 22.7 Å². The van der Waals surface area contributed by atoms with E-state index in [1.165, 1.54) is 0 Å². The fourth-order valence-electron chi connectivity index (χ4n) is 7.07. The molecule has 1 unspecified atom stereocenters. The molecule has 1 N–H and O–H groups in total. The molecule has 2 fully saturated rings. The summed E-state index contributed by atoms with van der Waals surface area (Å²) in [5.41, 5.74) is 4.55. The van der Waals surface area contributed by atoms with Crippen LogP contribution in [-0.4, -0.2) is 55.2 Å². The molecular formula is C33H40N4O5S. The largest absolute Gasteiger partial charge is 0.477 e. The lowest BCUT2D eigenvalue weighted by Gasteiger charge is -2.47. The van der Waals surface area contributed by atoms with Crippen LogP contribution in [0.1, 0.15) is 62.6 Å². The minimum absolute atomic E-state index is 0.00322. The third-order valence-electron chi connectivity index (χ3n) is 8.94. The summed E-state index contributed by atoms with van der Waals surface area (Å²) < 4.78 is 41.7. The van der Waals surface area contributed by atoms with Gasteiger partial charge < -0.3 is 14.4 Å². The number of anilines is 1. The quantitative estimate of drug-likeness (QED) is 0.371. The first-order valence-corrected chi connectivity index (χ1v) is 16.5. The Bertz CT molecular complexity index is 1620. The van der Waals surface area contributed by atoms with Crippen molar-refractivity contribution in [3.05, 3.63) is 65.2 Å². The highest BCUT2D eigenvalue weighted by molar-refractivity contribution is 7.92. The summed E-state index contributed by atoms with van der Waals surface area (Å²) in [6.07, 6.45) is 2.30. The monoisotopic (exact) mass is 604 g/mol. The van der Waals surface area contributed by atoms with Crippen LogP contribution in [0.25, 0.3) is 11.3 Å². The van der Waals surface area contributed by atoms with E-state index < -0.39 is 10.0 Å². The second-order valence-corrected chi connectivity index (χ2v) is 15.1. The second kappa shape index (κ2) is 11.1. The highest BCUT2D eigenvalue weighted by atomic mass is 32.2. The van der Waals surface area contributed by atoms with Crippen molar-refractivity contribution in [2.75, 3.05) is 24.5 Å². The van der Waals surface area contributed by atoms with Crippen molar-refractivity contribution >= 4 is 22.1 Å². The first-order chi connectivity index (χ1) is 20.4. The number of carbonyl (C=O) groups excluding carboxylic acids is 1. The maximum Gasteiger partial charge on any atom is 0.410 e. The summed E-state index contributed by atoms with van der Waals surface area (Å²) in [5.74, 6) is 0.671. The van der Waals surface area contributed by atoms with Crippen LogP contribution >= 0.6 is 0 Å². The van der Waals surface area contributed by atoms with E-state index in [1.54, 1.807) is 18.2 Å². The van der Waals surface area contributed by atoms with Gasteiger partial charge in [-0.05, 0) is 79.2 Å². The average Bonchev–Trinajstić information content (AvgIpc) is 3.32. The number of sulfonamides is 1. The Kier molecular flexibility index (Phi) is 7.61. The van der Waals surface area contributed by atoms with Crippen molar-refractivity contribution in [3.63, 3.8) is 0 Å². The summed E-state index contributed by atoms with van der Waals surface area (Å²) in [6.45, 7) is 12.1. The van der Waals surface area contributed by atoms with E-state index in [2.05, 4.69) is 35.5 Å². The van der Waals surface area contributed by atoms with Gasteiger partial charge in [-0.2, -0.15) is 4.98 Å². The predicted octanol–water partition coefficient (Wildman–Crippen LogP) is 6.32. The standard InChI is InChI=1S/C33H40N4O5S/c1-20-8-6-9-21(2)29(20)27-17-28-35-31(34-27)36-43(39,40)26-11-7-10-22(16-26)30(24(19-42-28)18-33(3,4)5)23-14-25(15-23)37-12-13-41-32(37)38/h6-11,16-17,23-25,30H,12-15,18-19H2,1-5H3,(H,34,35,36)/t23?,24-,25?,30?/m1/s1. The van der Waals surface area contributed by atoms with Gasteiger partial charge in [0.05, 0.1) is 23.7 Å². The molecule has 1 aliphatic carbocycles. The maximum atomic E-state index is 13.7. The normalized spacial score (nSPS) is 25.0. The van der Waals surface area contributed by atoms with E-state index in [4.69, 9.17) is 9.47 Å². The molecule has 3 aliphatic rings. The van der Waals surface area contributed by atoms with Gasteiger partial charge in [-0.15, -0.1) is 0 Å². The third-order valence-corrected chi connectivity index (χ3v) is 10.3. The second-order valence-electron chi connectivity index (χ2n) is 13.4. The van der Waals surface area contributed by atoms with Crippen molar-refractivity contribution in [3.8, 4) is 17.1 Å². The van der Waals surface area contributed by atoms with Crippen LogP contribution in [0.3, 0.4) is 0 Å². The fourth-order valence-corrected chi connectivity index (χ4v) is 8.07. The number of nitrogens with zero attached hydrogens (tertiary/aromatic N) is 3. The number of ether oxygens (including phenoxy) is 2. The number of benzene rings is 2. The zero-order valence-electron chi connectivity index (χ0n) is 25.5. The van der Waals surface area contributed by atoms with Gasteiger partial charge in [0.2, 0.25) is 11.8 Å². The van der Waals surface area contributed by atoms with Gasteiger partial charge in [0.25, 0.3) is 10.0 Å². The Morgan fingerprint density at radius 1 is 1.00 bits per heavy atom. The molecule has 1 saturated carbocycles. The topological polar surface area (TPSA) is 111 Å². The van der Waals surface area contributed by atoms with Crippen molar-refractivity contribution in [2.45, 2.75) is 70.7 Å². The molecule has 10 heteroatoms. The zero-order valence-corrected chi connectivity index (χ0v) is 26.3. The Labute approximate surface area is 254 Å². The minimum atomic E-state index is -3.99. The highest BCUT2D eigenvalue weighted by Gasteiger charge is 2.45. The molecule has 9 nitrogen and oxygen atoms in total. The molecule has 2 atom stereocenters. The number of hydrogen-bond donors (Lipinski definition) is 1. The molecule has 4 bridgehead atoms. The lowest BCUT2D eigenvalue weighted by Crippen LogP contribution is -2.48. The Morgan fingerprint density at radius 2 is 1.72 bits per heavy atom. The minimum Gasteiger partial charge on any atom is -0.477 e. The lowest BCUT2D eigenvalue weighted by molar-refractivity contribution is 0.0563. The average molecular weight is 605 g/mol. The van der Waals surface area contributed by atoms with Gasteiger partial charge in [-0.1, -0.05) is 51.1 Å². The first-order valence-electron chi connectivity index (χ1n) is 15.0. The van der Waals surface area contributed by atoms with E-state index >= 15 is 0 Å². The molecule has 1 amide bonds. The molecule has 1 saturated heterocycles. The molecule has 0 spiro atoms. The van der Waals surface area contributed by atoms with Gasteiger partial charge in [0.15, 0.2) is 0 Å². The molecular weight excluding hydrogens is 564 g/mol. The SMILES string of the molecule is Cc1cccc(C)c1-c1cc2nc(n1)NS(=O)(=O)c1cccc(c1)C(C1CC(N3CCOC3=O)C1)[C@H](CC(C)(C)C)CO2. The first kappa shape index (κ1) is 29.4. The van der Waals surface area contributed by atoms with Crippen LogP contribution in [0.5, 0.6) is 5.88 Å². The molecule has 2 aliphatic heterocycles. The molecule has 3 aromatic rings. The van der Waals surface area contributed by atoms with Gasteiger partial charge in [0.1, 0.15) is 6.61 Å². The number of rotatable bonds is 4. The number of aryl methyl sites for hydroxylation is 2. The molecule has 43 heavy (non-hydrogen) atoms. The summed E-state index contributed by atoms with van der Waals surface area (Å²) in [5, 5.41) is 0. The zero-order chi connectivity index (χ0) is 30.5. The maximum absolute atomic E-state index is 13.7. The predicted molar refractivity (Wildman–Crippen MR) is 165 cm³/mol. The van der Waals surface area contributed by atoms with E-state index in [0.717, 1.165) is 41.5 Å². The van der Waals surface area contributed by atoms with Gasteiger partial charge in [-0.25, -0.2) is 22.9 Å². The number of amides is 1. The Morgan fingerprint density at radius 3 is 2.40 bits per heavy atom. The highest BCUT2D eigenvalue weighted by Crippen LogP contribution is 2.49. The van der Waals surface area contributed by atoms with E-state index in [-0.39, 0.29) is 46.1 Å². The summed E-state index contributed by atoms with van der Waals surface area (Å²) in [7, 11) is -3.99. The lowest BCUT2D eigenvalue weighted by atomic mass is 9.63. The molecule has 228 valence electrons. The third kappa shape index (κ3) is 6.07. The van der Waals surface area contributed by atoms with E-state index in [9.17, 15) is 13.2 Å². The summed E-state index contributed by atoms with van der Waals surface area (Å²) in [4.78, 5) is 23.4. The molecule has 3 heterocycles. The molecule has 6 rings (SSSR count). The summed E-state index contributed by atoms with van der Waals surface area (Å²) in [6, 6.07) is 15.2. The van der Waals surface area contributed by atoms with Crippen LogP contribution in [0.15, 0.2) is 53.4 Å². The number of nitrogens with one attached hydrogen (secondary N) is 1. The van der Waals surface area contributed by atoms with Crippen molar-refractivity contribution in [1.29, 1.82) is 0 Å². The molecule has 2 aromatic carbocycles. The van der Waals surface area contributed by atoms with Crippen LogP contribution in [0, 0.1) is 31.1 Å². The van der Waals surface area contributed by atoms with Crippen LogP contribution in [-0.2, 0) is 14.8 Å². The Hall–Kier alpha value is -3.66. The van der Waals surface area contributed by atoms with Crippen LogP contribution in [0.2, 0.25) is 0 Å².